The highest BCUT2D eigenvalue weighted by Crippen LogP contribution is 2.31. The number of anilines is 1. The lowest BCUT2D eigenvalue weighted by Gasteiger charge is -2.23. The minimum Gasteiger partial charge on any atom is -0.397 e. The van der Waals surface area contributed by atoms with E-state index in [0.717, 1.165) is 35.2 Å². The van der Waals surface area contributed by atoms with Crippen molar-refractivity contribution in [3.63, 3.8) is 0 Å². The zero-order valence-corrected chi connectivity index (χ0v) is 16.4. The van der Waals surface area contributed by atoms with Crippen molar-refractivity contribution in [1.29, 1.82) is 0 Å². The fourth-order valence-corrected chi connectivity index (χ4v) is 2.88. The Morgan fingerprint density at radius 3 is 2.78 bits per heavy atom. The second-order valence-corrected chi connectivity index (χ2v) is 7.81. The van der Waals surface area contributed by atoms with Gasteiger partial charge in [0.2, 0.25) is 0 Å². The van der Waals surface area contributed by atoms with Gasteiger partial charge in [0.05, 0.1) is 44.6 Å². The fraction of sp³-hybridized carbons (Fsp3) is 0.350. The number of fused-ring (bicyclic) bond motifs is 1. The van der Waals surface area contributed by atoms with Crippen LogP contribution in [0.25, 0.3) is 5.52 Å². The lowest BCUT2D eigenvalue weighted by Crippen LogP contribution is -2.36. The Bertz CT molecular complexity index is 958. The van der Waals surface area contributed by atoms with Crippen LogP contribution < -0.4 is 11.1 Å². The molecule has 0 saturated carbocycles. The van der Waals surface area contributed by atoms with Gasteiger partial charge in [-0.15, -0.1) is 5.10 Å². The average Bonchev–Trinajstić information content (AvgIpc) is 2.93. The van der Waals surface area contributed by atoms with Gasteiger partial charge in [-0.2, -0.15) is 0 Å². The van der Waals surface area contributed by atoms with E-state index in [1.165, 1.54) is 6.08 Å². The number of carbonyl (C=O) groups is 1. The van der Waals surface area contributed by atoms with E-state index in [-0.39, 0.29) is 5.78 Å². The molecule has 0 fully saturated rings. The van der Waals surface area contributed by atoms with Gasteiger partial charge in [0.15, 0.2) is 11.6 Å². The molecule has 0 bridgehead atoms. The van der Waals surface area contributed by atoms with E-state index >= 15 is 0 Å². The molecule has 0 atom stereocenters. The van der Waals surface area contributed by atoms with Gasteiger partial charge in [0, 0.05) is 25.2 Å². The van der Waals surface area contributed by atoms with Crippen LogP contribution in [0.15, 0.2) is 52.8 Å². The number of nitrogens with two attached hydrogens (primary N) is 1. The molecule has 0 aromatic carbocycles. The minimum absolute atomic E-state index is 0.0787. The summed E-state index contributed by atoms with van der Waals surface area (Å²) in [6, 6.07) is 5.84. The lowest BCUT2D eigenvalue weighted by atomic mass is 10.0. The van der Waals surface area contributed by atoms with Gasteiger partial charge < -0.3 is 15.5 Å². The van der Waals surface area contributed by atoms with Crippen molar-refractivity contribution in [2.45, 2.75) is 13.3 Å². The molecule has 1 aliphatic rings. The molecule has 0 aliphatic heterocycles. The number of nitrogens with one attached hydrogen (secondary N) is 1. The van der Waals surface area contributed by atoms with Gasteiger partial charge in [0.25, 0.3) is 0 Å². The zero-order valence-electron chi connectivity index (χ0n) is 16.4. The molecule has 0 saturated heterocycles. The van der Waals surface area contributed by atoms with E-state index in [2.05, 4.69) is 31.6 Å². The number of pyridine rings is 1. The van der Waals surface area contributed by atoms with E-state index in [9.17, 15) is 4.79 Å². The smallest absolute Gasteiger partial charge is 0.183 e. The molecule has 2 heterocycles. The molecule has 7 heteroatoms. The number of aliphatic imine (C=N–C) groups is 1. The predicted molar refractivity (Wildman–Crippen MR) is 109 cm³/mol. The summed E-state index contributed by atoms with van der Waals surface area (Å²) in [7, 11) is 6.53. The first-order valence-corrected chi connectivity index (χ1v) is 9.05. The van der Waals surface area contributed by atoms with Crippen molar-refractivity contribution in [3.05, 3.63) is 47.8 Å². The van der Waals surface area contributed by atoms with Gasteiger partial charge in [-0.3, -0.25) is 4.79 Å². The maximum Gasteiger partial charge on any atom is 0.183 e. The Morgan fingerprint density at radius 1 is 1.26 bits per heavy atom. The fourth-order valence-electron chi connectivity index (χ4n) is 2.88. The predicted octanol–water partition coefficient (Wildman–Crippen LogP) is 2.29. The van der Waals surface area contributed by atoms with Gasteiger partial charge in [-0.25, -0.2) is 9.51 Å². The Hall–Kier alpha value is -2.93. The molecule has 1 aliphatic carbocycles. The molecular formula is C20H27N6O+. The topological polar surface area (TPSA) is 84.8 Å². The van der Waals surface area contributed by atoms with Crippen LogP contribution in [0.1, 0.15) is 13.3 Å². The van der Waals surface area contributed by atoms with Crippen molar-refractivity contribution in [1.82, 2.24) is 9.61 Å². The van der Waals surface area contributed by atoms with E-state index in [4.69, 9.17) is 10.7 Å². The molecule has 7 nitrogen and oxygen atoms in total. The summed E-state index contributed by atoms with van der Waals surface area (Å²) in [5, 5.41) is 8.02. The summed E-state index contributed by atoms with van der Waals surface area (Å²) in [4.78, 5) is 16.5. The number of quaternary nitrogens is 1. The highest BCUT2D eigenvalue weighted by molar-refractivity contribution is 6.22. The Labute approximate surface area is 159 Å². The molecule has 2 aromatic rings. The molecule has 27 heavy (non-hydrogen) atoms. The van der Waals surface area contributed by atoms with E-state index in [0.29, 0.717) is 22.8 Å². The summed E-state index contributed by atoms with van der Waals surface area (Å²) in [6.07, 6.45) is 6.06. The number of carbonyl (C=O) groups excluding carboxylic acids is 1. The highest BCUT2D eigenvalue weighted by atomic mass is 16.1. The molecule has 0 amide bonds. The first-order valence-electron chi connectivity index (χ1n) is 9.05. The van der Waals surface area contributed by atoms with Crippen LogP contribution in [0.3, 0.4) is 0 Å². The second kappa shape index (κ2) is 7.36. The zero-order chi connectivity index (χ0) is 19.6. The van der Waals surface area contributed by atoms with Crippen LogP contribution in [0.4, 0.5) is 11.5 Å². The number of ketones is 1. The normalized spacial score (nSPS) is 16.6. The molecule has 142 valence electrons. The summed E-state index contributed by atoms with van der Waals surface area (Å²) in [6.45, 7) is 3.63. The number of nitrogens with zero attached hydrogens (tertiary/aromatic N) is 4. The summed E-state index contributed by atoms with van der Waals surface area (Å²) >= 11 is 0. The van der Waals surface area contributed by atoms with Crippen LogP contribution in [0.5, 0.6) is 0 Å². The Kier molecular flexibility index (Phi) is 5.14. The number of allylic oxidation sites excluding steroid dienone is 3. The maximum absolute atomic E-state index is 11.8. The third kappa shape index (κ3) is 4.43. The molecular weight excluding hydrogens is 340 g/mol. The third-order valence-electron chi connectivity index (χ3n) is 4.37. The quantitative estimate of drug-likeness (QED) is 0.466. The Balaban J connectivity index is 1.93. The van der Waals surface area contributed by atoms with Crippen molar-refractivity contribution in [2.75, 3.05) is 39.5 Å². The molecule has 0 radical (unpaired) electrons. The largest absolute Gasteiger partial charge is 0.397 e. The van der Waals surface area contributed by atoms with Gasteiger partial charge in [-0.05, 0) is 30.7 Å². The second-order valence-electron chi connectivity index (χ2n) is 7.81. The number of rotatable bonds is 6. The Morgan fingerprint density at radius 2 is 2.04 bits per heavy atom. The average molecular weight is 367 g/mol. The summed E-state index contributed by atoms with van der Waals surface area (Å²) < 4.78 is 2.72. The minimum atomic E-state index is -0.0787. The molecule has 0 unspecified atom stereocenters. The monoisotopic (exact) mass is 367 g/mol. The lowest BCUT2D eigenvalue weighted by molar-refractivity contribution is -0.870. The van der Waals surface area contributed by atoms with E-state index in [1.54, 1.807) is 17.5 Å². The van der Waals surface area contributed by atoms with Crippen LogP contribution in [0, 0.1) is 0 Å². The van der Waals surface area contributed by atoms with Crippen LogP contribution >= 0.6 is 0 Å². The summed E-state index contributed by atoms with van der Waals surface area (Å²) in [5.41, 5.74) is 9.22. The number of hydrogen-bond acceptors (Lipinski definition) is 5. The molecule has 3 N–H and O–H groups in total. The van der Waals surface area contributed by atoms with Crippen molar-refractivity contribution >= 4 is 28.5 Å². The van der Waals surface area contributed by atoms with Crippen molar-refractivity contribution in [3.8, 4) is 0 Å². The van der Waals surface area contributed by atoms with Crippen LogP contribution in [-0.2, 0) is 4.79 Å². The molecule has 3 rings (SSSR count). The van der Waals surface area contributed by atoms with E-state index < -0.39 is 0 Å². The number of hydrogen-bond donors (Lipinski definition) is 2. The van der Waals surface area contributed by atoms with Gasteiger partial charge >= 0.3 is 0 Å². The first kappa shape index (κ1) is 18.8. The third-order valence-corrected chi connectivity index (χ3v) is 4.37. The molecule has 0 spiro atoms. The van der Waals surface area contributed by atoms with Crippen LogP contribution in [-0.4, -0.2) is 59.8 Å². The van der Waals surface area contributed by atoms with Crippen molar-refractivity contribution < 1.29 is 9.28 Å². The highest BCUT2D eigenvalue weighted by Gasteiger charge is 2.17. The maximum atomic E-state index is 11.8. The van der Waals surface area contributed by atoms with Gasteiger partial charge in [0.1, 0.15) is 5.69 Å². The van der Waals surface area contributed by atoms with Crippen LogP contribution in [0.2, 0.25) is 0 Å². The summed E-state index contributed by atoms with van der Waals surface area (Å²) in [5.74, 6) is 0.635. The van der Waals surface area contributed by atoms with Crippen molar-refractivity contribution in [2.24, 2.45) is 10.7 Å². The molecule has 2 aromatic heterocycles. The van der Waals surface area contributed by atoms with Gasteiger partial charge in [-0.1, -0.05) is 6.07 Å². The first-order chi connectivity index (χ1) is 12.7. The standard InChI is InChI=1S/C20H26N6O/c1-14-12-16(15(21)13-18(14)27)23-19-17-8-5-6-10-25(17)24-20(19)22-9-7-11-26(2,3)4/h5-6,8,10,12-13H,7,9,11H2,1-4H3,(H2-,21,22,24,27)/p+1. The van der Waals surface area contributed by atoms with E-state index in [1.807, 2.05) is 24.4 Å². The number of aromatic nitrogens is 2. The SMILES string of the molecule is CC1=CC(=Nc2c(NCCC[N+](C)(C)C)nn3ccccc23)C(N)=CC1=O.